The molecule has 2 aromatic carbocycles. The highest BCUT2D eigenvalue weighted by atomic mass is 32.2. The molecule has 22 heavy (non-hydrogen) atoms. The lowest BCUT2D eigenvalue weighted by Gasteiger charge is -2.15. The fourth-order valence-electron chi connectivity index (χ4n) is 2.00. The Hall–Kier alpha value is -2.18. The van der Waals surface area contributed by atoms with Gasteiger partial charge in [-0.25, -0.2) is 8.42 Å². The highest BCUT2D eigenvalue weighted by Gasteiger charge is 2.25. The van der Waals surface area contributed by atoms with E-state index < -0.39 is 22.0 Å². The lowest BCUT2D eigenvalue weighted by molar-refractivity contribution is -0.138. The molecular formula is C16H17NO4S. The summed E-state index contributed by atoms with van der Waals surface area (Å²) >= 11 is 0. The van der Waals surface area contributed by atoms with Crippen molar-refractivity contribution in [3.63, 3.8) is 0 Å². The first kappa shape index (κ1) is 16.2. The summed E-state index contributed by atoms with van der Waals surface area (Å²) in [7, 11) is -3.87. The Kier molecular flexibility index (Phi) is 4.95. The third kappa shape index (κ3) is 4.16. The maximum absolute atomic E-state index is 12.3. The van der Waals surface area contributed by atoms with E-state index in [-0.39, 0.29) is 11.3 Å². The van der Waals surface area contributed by atoms with Crippen molar-refractivity contribution in [2.45, 2.75) is 24.3 Å². The van der Waals surface area contributed by atoms with Crippen molar-refractivity contribution >= 4 is 16.0 Å². The molecule has 0 bridgehead atoms. The van der Waals surface area contributed by atoms with Crippen LogP contribution in [0.3, 0.4) is 0 Å². The van der Waals surface area contributed by atoms with E-state index >= 15 is 0 Å². The maximum atomic E-state index is 12.3. The summed E-state index contributed by atoms with van der Waals surface area (Å²) < 4.78 is 26.8. The molecular weight excluding hydrogens is 302 g/mol. The Morgan fingerprint density at radius 1 is 1.09 bits per heavy atom. The van der Waals surface area contributed by atoms with Crippen LogP contribution in [0.2, 0.25) is 0 Å². The van der Waals surface area contributed by atoms with Crippen molar-refractivity contribution in [1.29, 1.82) is 0 Å². The maximum Gasteiger partial charge on any atom is 0.322 e. The minimum Gasteiger partial charge on any atom is -0.480 e. The minimum absolute atomic E-state index is 0.0532. The van der Waals surface area contributed by atoms with Gasteiger partial charge in [0.25, 0.3) is 0 Å². The molecule has 0 unspecified atom stereocenters. The second-order valence-corrected chi connectivity index (χ2v) is 6.73. The zero-order chi connectivity index (χ0) is 16.2. The molecule has 0 amide bonds. The van der Waals surface area contributed by atoms with E-state index in [1.165, 1.54) is 12.1 Å². The van der Waals surface area contributed by atoms with E-state index in [1.807, 2.05) is 13.0 Å². The summed E-state index contributed by atoms with van der Waals surface area (Å²) in [6.45, 7) is 1.85. The Morgan fingerprint density at radius 2 is 1.68 bits per heavy atom. The third-order valence-electron chi connectivity index (χ3n) is 3.21. The van der Waals surface area contributed by atoms with E-state index in [0.29, 0.717) is 0 Å². The summed E-state index contributed by atoms with van der Waals surface area (Å²) in [6.07, 6.45) is 0.0846. The van der Waals surface area contributed by atoms with Crippen LogP contribution in [0.1, 0.15) is 11.1 Å². The van der Waals surface area contributed by atoms with Crippen molar-refractivity contribution < 1.29 is 18.3 Å². The van der Waals surface area contributed by atoms with Gasteiger partial charge in [-0.2, -0.15) is 4.72 Å². The fourth-order valence-corrected chi connectivity index (χ4v) is 3.19. The van der Waals surface area contributed by atoms with Gasteiger partial charge in [0.1, 0.15) is 6.04 Å². The van der Waals surface area contributed by atoms with Crippen molar-refractivity contribution in [2.75, 3.05) is 0 Å². The second kappa shape index (κ2) is 6.72. The number of benzene rings is 2. The van der Waals surface area contributed by atoms with Crippen molar-refractivity contribution in [3.8, 4) is 0 Å². The van der Waals surface area contributed by atoms with Crippen LogP contribution in [-0.2, 0) is 21.2 Å². The first-order valence-electron chi connectivity index (χ1n) is 6.74. The zero-order valence-corrected chi connectivity index (χ0v) is 12.9. The summed E-state index contributed by atoms with van der Waals surface area (Å²) in [5, 5.41) is 9.26. The molecule has 0 spiro atoms. The topological polar surface area (TPSA) is 83.5 Å². The van der Waals surface area contributed by atoms with Gasteiger partial charge in [0.15, 0.2) is 0 Å². The monoisotopic (exact) mass is 319 g/mol. The molecule has 0 saturated carbocycles. The first-order valence-corrected chi connectivity index (χ1v) is 8.22. The molecule has 2 N–H and O–H groups in total. The number of aliphatic carboxylic acids is 1. The average molecular weight is 319 g/mol. The SMILES string of the molecule is Cc1ccc(S(=O)(=O)N[C@@H](Cc2ccccc2)C(=O)O)cc1. The number of carboxylic acids is 1. The Balaban J connectivity index is 2.20. The molecule has 2 aromatic rings. The fraction of sp³-hybridized carbons (Fsp3) is 0.188. The lowest BCUT2D eigenvalue weighted by atomic mass is 10.1. The summed E-state index contributed by atoms with van der Waals surface area (Å²) in [5.74, 6) is -1.21. The van der Waals surface area contributed by atoms with Gasteiger partial charge in [0.05, 0.1) is 4.90 Å². The van der Waals surface area contributed by atoms with Gasteiger partial charge >= 0.3 is 5.97 Å². The molecule has 0 saturated heterocycles. The van der Waals surface area contributed by atoms with Gasteiger partial charge in [-0.05, 0) is 31.0 Å². The molecule has 0 aliphatic heterocycles. The quantitative estimate of drug-likeness (QED) is 0.852. The van der Waals surface area contributed by atoms with Crippen LogP contribution in [-0.4, -0.2) is 25.5 Å². The van der Waals surface area contributed by atoms with Crippen LogP contribution in [0.4, 0.5) is 0 Å². The molecule has 5 nitrogen and oxygen atoms in total. The van der Waals surface area contributed by atoms with Crippen LogP contribution in [0.15, 0.2) is 59.5 Å². The van der Waals surface area contributed by atoms with Crippen LogP contribution in [0.5, 0.6) is 0 Å². The third-order valence-corrected chi connectivity index (χ3v) is 4.70. The Morgan fingerprint density at radius 3 is 2.23 bits per heavy atom. The van der Waals surface area contributed by atoms with E-state index in [0.717, 1.165) is 11.1 Å². The molecule has 0 heterocycles. The molecule has 116 valence electrons. The van der Waals surface area contributed by atoms with E-state index in [2.05, 4.69) is 4.72 Å². The largest absolute Gasteiger partial charge is 0.480 e. The number of rotatable bonds is 6. The number of nitrogens with one attached hydrogen (secondary N) is 1. The van der Waals surface area contributed by atoms with Crippen LogP contribution < -0.4 is 4.72 Å². The van der Waals surface area contributed by atoms with Gasteiger partial charge < -0.3 is 5.11 Å². The van der Waals surface area contributed by atoms with Gasteiger partial charge in [0, 0.05) is 0 Å². The normalized spacial score (nSPS) is 12.8. The number of sulfonamides is 1. The number of hydrogen-bond acceptors (Lipinski definition) is 3. The standard InChI is InChI=1S/C16H17NO4S/c1-12-7-9-14(10-8-12)22(20,21)17-15(16(18)19)11-13-5-3-2-4-6-13/h2-10,15,17H,11H2,1H3,(H,18,19)/t15-/m0/s1. The predicted octanol–water partition coefficient (Wildman–Crippen LogP) is 1.97. The molecule has 0 radical (unpaired) electrons. The number of carboxylic acid groups (broad SMARTS) is 1. The van der Waals surface area contributed by atoms with Crippen molar-refractivity contribution in [1.82, 2.24) is 4.72 Å². The smallest absolute Gasteiger partial charge is 0.322 e. The molecule has 2 rings (SSSR count). The van der Waals surface area contributed by atoms with Crippen LogP contribution >= 0.6 is 0 Å². The predicted molar refractivity (Wildman–Crippen MR) is 83.1 cm³/mol. The highest BCUT2D eigenvalue weighted by Crippen LogP contribution is 2.12. The summed E-state index contributed by atoms with van der Waals surface area (Å²) in [4.78, 5) is 11.4. The lowest BCUT2D eigenvalue weighted by Crippen LogP contribution is -2.42. The van der Waals surface area contributed by atoms with Gasteiger partial charge in [-0.3, -0.25) is 4.79 Å². The molecule has 0 fully saturated rings. The second-order valence-electron chi connectivity index (χ2n) is 5.01. The Labute approximate surface area is 129 Å². The average Bonchev–Trinajstić information content (AvgIpc) is 2.48. The van der Waals surface area contributed by atoms with Gasteiger partial charge in [0.2, 0.25) is 10.0 Å². The highest BCUT2D eigenvalue weighted by molar-refractivity contribution is 7.89. The van der Waals surface area contributed by atoms with Gasteiger partial charge in [-0.15, -0.1) is 0 Å². The number of carbonyl (C=O) groups is 1. The van der Waals surface area contributed by atoms with E-state index in [4.69, 9.17) is 0 Å². The molecule has 6 heteroatoms. The molecule has 1 atom stereocenters. The summed E-state index contributed by atoms with van der Waals surface area (Å²) in [5.41, 5.74) is 1.68. The molecule has 0 aliphatic rings. The number of hydrogen-bond donors (Lipinski definition) is 2. The van der Waals surface area contributed by atoms with Gasteiger partial charge in [-0.1, -0.05) is 48.0 Å². The van der Waals surface area contributed by atoms with Crippen molar-refractivity contribution in [2.24, 2.45) is 0 Å². The zero-order valence-electron chi connectivity index (χ0n) is 12.1. The molecule has 0 aliphatic carbocycles. The summed E-state index contributed by atoms with van der Waals surface area (Å²) in [6, 6.07) is 13.9. The van der Waals surface area contributed by atoms with Crippen molar-refractivity contribution in [3.05, 3.63) is 65.7 Å². The van der Waals surface area contributed by atoms with E-state index in [9.17, 15) is 18.3 Å². The Bertz CT molecular complexity index is 739. The minimum atomic E-state index is -3.87. The first-order chi connectivity index (χ1) is 10.4. The van der Waals surface area contributed by atoms with Crippen LogP contribution in [0.25, 0.3) is 0 Å². The molecule has 0 aromatic heterocycles. The van der Waals surface area contributed by atoms with E-state index in [1.54, 1.807) is 36.4 Å². The van der Waals surface area contributed by atoms with Crippen LogP contribution in [0, 0.1) is 6.92 Å². The number of aryl methyl sites for hydroxylation is 1.